The van der Waals surface area contributed by atoms with Gasteiger partial charge >= 0.3 is 0 Å². The van der Waals surface area contributed by atoms with Crippen molar-refractivity contribution in [1.29, 1.82) is 0 Å². The number of aromatic nitrogens is 4. The number of ether oxygens (including phenoxy) is 1. The van der Waals surface area contributed by atoms with Crippen LogP contribution in [0.1, 0.15) is 25.3 Å². The molecule has 0 aromatic carbocycles. The Bertz CT molecular complexity index is 1280. The first-order valence-electron chi connectivity index (χ1n) is 11.1. The number of piperidine rings is 1. The number of morpholine rings is 1. The summed E-state index contributed by atoms with van der Waals surface area (Å²) in [7, 11) is 0. The minimum atomic E-state index is -0.870. The third-order valence-corrected chi connectivity index (χ3v) is 7.64. The molecule has 6 heterocycles. The number of hydrogen-bond acceptors (Lipinski definition) is 8. The summed E-state index contributed by atoms with van der Waals surface area (Å²) in [5.74, 6) is 1.59. The summed E-state index contributed by atoms with van der Waals surface area (Å²) in [5, 5.41) is 18.0. The fraction of sp³-hybridized carbons (Fsp3) is 0.435. The Morgan fingerprint density at radius 3 is 2.97 bits per heavy atom. The first-order valence-corrected chi connectivity index (χ1v) is 12.0. The quantitative estimate of drug-likeness (QED) is 0.441. The molecule has 0 bridgehead atoms. The summed E-state index contributed by atoms with van der Waals surface area (Å²) >= 11 is 1.63. The normalized spacial score (nSPS) is 21.4. The number of rotatable bonds is 3. The molecule has 4 aromatic heterocycles. The highest BCUT2D eigenvalue weighted by Gasteiger charge is 2.35. The zero-order valence-electron chi connectivity index (χ0n) is 18.0. The van der Waals surface area contributed by atoms with Gasteiger partial charge in [0.05, 0.1) is 35.1 Å². The number of anilines is 1. The number of fused-ring (bicyclic) bond motifs is 2. The van der Waals surface area contributed by atoms with Crippen molar-refractivity contribution in [2.24, 2.45) is 0 Å². The third kappa shape index (κ3) is 3.19. The molecule has 6 rings (SSSR count). The van der Waals surface area contributed by atoms with E-state index in [1.165, 1.54) is 0 Å². The molecule has 2 fully saturated rings. The number of thiophene rings is 1. The molecule has 32 heavy (non-hydrogen) atoms. The van der Waals surface area contributed by atoms with E-state index in [0.717, 1.165) is 57.8 Å². The fourth-order valence-electron chi connectivity index (χ4n) is 4.86. The van der Waals surface area contributed by atoms with Gasteiger partial charge in [-0.1, -0.05) is 0 Å². The average molecular weight is 451 g/mol. The maximum Gasteiger partial charge on any atom is 0.163 e. The smallest absolute Gasteiger partial charge is 0.163 e. The van der Waals surface area contributed by atoms with Crippen LogP contribution in [0.4, 0.5) is 5.82 Å². The molecule has 0 amide bonds. The van der Waals surface area contributed by atoms with Crippen molar-refractivity contribution in [3.63, 3.8) is 0 Å². The van der Waals surface area contributed by atoms with Gasteiger partial charge in [0.15, 0.2) is 11.6 Å². The van der Waals surface area contributed by atoms with E-state index < -0.39 is 5.60 Å². The maximum atomic E-state index is 11.5. The van der Waals surface area contributed by atoms with Gasteiger partial charge in [-0.25, -0.2) is 15.0 Å². The van der Waals surface area contributed by atoms with Crippen molar-refractivity contribution in [3.05, 3.63) is 35.5 Å². The maximum absolute atomic E-state index is 11.5. The zero-order valence-corrected chi connectivity index (χ0v) is 18.8. The van der Waals surface area contributed by atoms with Crippen LogP contribution < -0.4 is 10.2 Å². The molecule has 4 aromatic rings. The number of pyridine rings is 1. The zero-order chi connectivity index (χ0) is 21.7. The van der Waals surface area contributed by atoms with Gasteiger partial charge in [-0.15, -0.1) is 11.3 Å². The second kappa shape index (κ2) is 7.77. The molecule has 0 unspecified atom stereocenters. The molecule has 2 saturated heterocycles. The van der Waals surface area contributed by atoms with Gasteiger partial charge < -0.3 is 25.0 Å². The second-order valence-corrected chi connectivity index (χ2v) is 9.57. The molecule has 9 heteroatoms. The average Bonchev–Trinajstić information content (AvgIpc) is 3.47. The van der Waals surface area contributed by atoms with E-state index in [9.17, 15) is 5.11 Å². The van der Waals surface area contributed by atoms with Crippen LogP contribution in [-0.2, 0) is 10.3 Å². The lowest BCUT2D eigenvalue weighted by atomic mass is 9.86. The van der Waals surface area contributed by atoms with E-state index in [4.69, 9.17) is 14.7 Å². The Kier molecular flexibility index (Phi) is 4.87. The van der Waals surface area contributed by atoms with E-state index >= 15 is 0 Å². The lowest BCUT2D eigenvalue weighted by molar-refractivity contribution is 0.00751. The molecule has 2 aliphatic heterocycles. The van der Waals surface area contributed by atoms with Gasteiger partial charge in [0, 0.05) is 35.5 Å². The minimum Gasteiger partial charge on any atom is -0.385 e. The van der Waals surface area contributed by atoms with Gasteiger partial charge in [0.25, 0.3) is 0 Å². The molecule has 0 aliphatic carbocycles. The monoisotopic (exact) mass is 450 g/mol. The fourth-order valence-corrected chi connectivity index (χ4v) is 5.96. The van der Waals surface area contributed by atoms with Crippen LogP contribution in [0.25, 0.3) is 32.6 Å². The van der Waals surface area contributed by atoms with Crippen molar-refractivity contribution < 1.29 is 9.84 Å². The molecule has 0 radical (unpaired) electrons. The standard InChI is InChI=1S/C23H26N6O2S/c1-14-12-31-11-10-29(14)22-19-18(17(13-32-19)23(30)4-8-24-9-5-23)27-21(28-22)16-3-7-26-20-15(16)2-6-25-20/h2-3,6-7,13-14,24,30H,4-5,8-12H2,1H3,(H,25,26)/t14-/m1/s1. The number of nitrogens with one attached hydrogen (secondary N) is 2. The Balaban J connectivity index is 1.60. The van der Waals surface area contributed by atoms with Gasteiger partial charge in [-0.3, -0.25) is 0 Å². The highest BCUT2D eigenvalue weighted by atomic mass is 32.1. The van der Waals surface area contributed by atoms with Crippen LogP contribution >= 0.6 is 11.3 Å². The minimum absolute atomic E-state index is 0.215. The van der Waals surface area contributed by atoms with Crippen molar-refractivity contribution in [1.82, 2.24) is 25.3 Å². The first-order chi connectivity index (χ1) is 15.6. The van der Waals surface area contributed by atoms with Crippen LogP contribution in [0.3, 0.4) is 0 Å². The van der Waals surface area contributed by atoms with Crippen LogP contribution in [-0.4, -0.2) is 63.9 Å². The largest absolute Gasteiger partial charge is 0.385 e. The van der Waals surface area contributed by atoms with E-state index in [1.54, 1.807) is 17.5 Å². The molecular formula is C23H26N6O2S. The van der Waals surface area contributed by atoms with Crippen molar-refractivity contribution in [2.75, 3.05) is 37.7 Å². The van der Waals surface area contributed by atoms with E-state index in [2.05, 4.69) is 32.5 Å². The number of H-pyrrole nitrogens is 1. The summed E-state index contributed by atoms with van der Waals surface area (Å²) in [4.78, 5) is 20.1. The predicted octanol–water partition coefficient (Wildman–Crippen LogP) is 3.03. The molecular weight excluding hydrogens is 424 g/mol. The first kappa shape index (κ1) is 20.0. The number of aromatic amines is 1. The van der Waals surface area contributed by atoms with Gasteiger partial charge in [-0.2, -0.15) is 0 Å². The Morgan fingerprint density at radius 2 is 2.12 bits per heavy atom. The molecule has 2 aliphatic rings. The van der Waals surface area contributed by atoms with Crippen LogP contribution in [0.15, 0.2) is 29.9 Å². The van der Waals surface area contributed by atoms with Crippen molar-refractivity contribution in [2.45, 2.75) is 31.4 Å². The predicted molar refractivity (Wildman–Crippen MR) is 126 cm³/mol. The number of aliphatic hydroxyl groups is 1. The van der Waals surface area contributed by atoms with E-state index in [0.29, 0.717) is 31.9 Å². The Labute approximate surface area is 189 Å². The Morgan fingerprint density at radius 1 is 1.25 bits per heavy atom. The summed E-state index contributed by atoms with van der Waals surface area (Å²) in [6, 6.07) is 4.19. The van der Waals surface area contributed by atoms with Crippen molar-refractivity contribution >= 4 is 38.4 Å². The lowest BCUT2D eigenvalue weighted by Crippen LogP contribution is -2.44. The highest BCUT2D eigenvalue weighted by Crippen LogP contribution is 2.42. The highest BCUT2D eigenvalue weighted by molar-refractivity contribution is 7.18. The molecule has 8 nitrogen and oxygen atoms in total. The molecule has 1 atom stereocenters. The summed E-state index contributed by atoms with van der Waals surface area (Å²) in [6.45, 7) is 5.89. The molecule has 0 saturated carbocycles. The van der Waals surface area contributed by atoms with E-state index in [-0.39, 0.29) is 6.04 Å². The molecule has 3 N–H and O–H groups in total. The second-order valence-electron chi connectivity index (χ2n) is 8.70. The third-order valence-electron chi connectivity index (χ3n) is 6.67. The topological polar surface area (TPSA) is 99.2 Å². The molecule has 166 valence electrons. The van der Waals surface area contributed by atoms with Gasteiger partial charge in [0.1, 0.15) is 5.65 Å². The van der Waals surface area contributed by atoms with E-state index in [1.807, 2.05) is 18.3 Å². The summed E-state index contributed by atoms with van der Waals surface area (Å²) in [6.07, 6.45) is 5.03. The van der Waals surface area contributed by atoms with Crippen LogP contribution in [0.5, 0.6) is 0 Å². The van der Waals surface area contributed by atoms with Gasteiger partial charge in [0.2, 0.25) is 0 Å². The van der Waals surface area contributed by atoms with Gasteiger partial charge in [-0.05, 0) is 50.4 Å². The lowest BCUT2D eigenvalue weighted by Gasteiger charge is -2.35. The SMILES string of the molecule is C[C@@H]1COCCN1c1nc(-c2ccnc3[nH]ccc23)nc2c(C3(O)CCNCC3)csc12. The van der Waals surface area contributed by atoms with Crippen LogP contribution in [0, 0.1) is 0 Å². The van der Waals surface area contributed by atoms with Crippen LogP contribution in [0.2, 0.25) is 0 Å². The number of nitrogens with zero attached hydrogens (tertiary/aromatic N) is 4. The Hall–Kier alpha value is -2.59. The van der Waals surface area contributed by atoms with Crippen molar-refractivity contribution in [3.8, 4) is 11.4 Å². The summed E-state index contributed by atoms with van der Waals surface area (Å²) < 4.78 is 6.71. The summed E-state index contributed by atoms with van der Waals surface area (Å²) in [5.41, 5.74) is 2.66. The molecule has 0 spiro atoms. The number of hydrogen-bond donors (Lipinski definition) is 3.